The lowest BCUT2D eigenvalue weighted by Crippen LogP contribution is -2.42. The van der Waals surface area contributed by atoms with Gasteiger partial charge in [0.15, 0.2) is 0 Å². The van der Waals surface area contributed by atoms with E-state index in [9.17, 15) is 9.18 Å². The van der Waals surface area contributed by atoms with Crippen molar-refractivity contribution in [1.82, 2.24) is 14.9 Å². The van der Waals surface area contributed by atoms with Crippen molar-refractivity contribution >= 4 is 10.9 Å². The van der Waals surface area contributed by atoms with E-state index in [1.165, 1.54) is 29.1 Å². The van der Waals surface area contributed by atoms with Gasteiger partial charge in [0.1, 0.15) is 5.82 Å². The molecule has 1 aliphatic heterocycles. The van der Waals surface area contributed by atoms with Crippen molar-refractivity contribution in [1.29, 1.82) is 0 Å². The van der Waals surface area contributed by atoms with Gasteiger partial charge in [-0.05, 0) is 18.2 Å². The van der Waals surface area contributed by atoms with Gasteiger partial charge in [0.25, 0.3) is 5.56 Å². The van der Waals surface area contributed by atoms with Crippen LogP contribution in [0, 0.1) is 5.82 Å². The topological polar surface area (TPSA) is 56.2 Å². The Bertz CT molecular complexity index is 650. The van der Waals surface area contributed by atoms with E-state index in [2.05, 4.69) is 10.3 Å². The molecule has 0 unspecified atom stereocenters. The van der Waals surface area contributed by atoms with Crippen molar-refractivity contribution in [2.75, 3.05) is 19.7 Å². The molecule has 1 aliphatic rings. The molecule has 0 aliphatic carbocycles. The molecule has 19 heavy (non-hydrogen) atoms. The van der Waals surface area contributed by atoms with Crippen LogP contribution in [-0.2, 0) is 11.3 Å². The maximum absolute atomic E-state index is 13.2. The highest BCUT2D eigenvalue weighted by Crippen LogP contribution is 2.09. The van der Waals surface area contributed by atoms with Crippen LogP contribution in [0.25, 0.3) is 10.9 Å². The minimum absolute atomic E-state index is 0.0562. The first kappa shape index (κ1) is 12.3. The maximum Gasteiger partial charge on any atom is 0.261 e. The standard InChI is InChI=1S/C13H14FN3O2/c14-9-1-2-12-11(5-9)13(18)17(8-16-12)7-10-6-15-3-4-19-10/h1-2,5,8,10,15H,3-4,6-7H2/t10-/m0/s1. The molecule has 5 nitrogen and oxygen atoms in total. The lowest BCUT2D eigenvalue weighted by molar-refractivity contribution is 0.0175. The molecule has 6 heteroatoms. The summed E-state index contributed by atoms with van der Waals surface area (Å²) >= 11 is 0. The third-order valence-electron chi connectivity index (χ3n) is 3.19. The molecule has 1 fully saturated rings. The van der Waals surface area contributed by atoms with Gasteiger partial charge in [0, 0.05) is 13.1 Å². The summed E-state index contributed by atoms with van der Waals surface area (Å²) in [4.78, 5) is 16.4. The monoisotopic (exact) mass is 263 g/mol. The quantitative estimate of drug-likeness (QED) is 0.858. The van der Waals surface area contributed by atoms with Crippen LogP contribution in [0.3, 0.4) is 0 Å². The number of fused-ring (bicyclic) bond motifs is 1. The maximum atomic E-state index is 13.2. The molecule has 1 aromatic carbocycles. The number of nitrogens with one attached hydrogen (secondary N) is 1. The van der Waals surface area contributed by atoms with Crippen LogP contribution in [0.15, 0.2) is 29.3 Å². The first-order valence-electron chi connectivity index (χ1n) is 6.21. The first-order chi connectivity index (χ1) is 9.24. The molecule has 0 radical (unpaired) electrons. The first-order valence-corrected chi connectivity index (χ1v) is 6.21. The molecule has 0 amide bonds. The smallest absolute Gasteiger partial charge is 0.261 e. The minimum Gasteiger partial charge on any atom is -0.374 e. The van der Waals surface area contributed by atoms with E-state index in [0.717, 1.165) is 6.54 Å². The van der Waals surface area contributed by atoms with Crippen molar-refractivity contribution in [2.24, 2.45) is 0 Å². The molecular formula is C13H14FN3O2. The molecule has 100 valence electrons. The van der Waals surface area contributed by atoms with Crippen LogP contribution in [0.2, 0.25) is 0 Å². The van der Waals surface area contributed by atoms with Crippen LogP contribution in [0.5, 0.6) is 0 Å². The van der Waals surface area contributed by atoms with E-state index in [4.69, 9.17) is 4.74 Å². The Labute approximate surface area is 109 Å². The van der Waals surface area contributed by atoms with Crippen molar-refractivity contribution in [3.63, 3.8) is 0 Å². The van der Waals surface area contributed by atoms with Crippen molar-refractivity contribution in [3.8, 4) is 0 Å². The van der Waals surface area contributed by atoms with Gasteiger partial charge in [-0.2, -0.15) is 0 Å². The lowest BCUT2D eigenvalue weighted by Gasteiger charge is -2.24. The second kappa shape index (κ2) is 5.07. The number of hydrogen-bond donors (Lipinski definition) is 1. The van der Waals surface area contributed by atoms with Crippen molar-refractivity contribution < 1.29 is 9.13 Å². The Kier molecular flexibility index (Phi) is 3.27. The zero-order valence-corrected chi connectivity index (χ0v) is 10.3. The van der Waals surface area contributed by atoms with Crippen molar-refractivity contribution in [2.45, 2.75) is 12.6 Å². The number of nitrogens with zero attached hydrogens (tertiary/aromatic N) is 2. The highest BCUT2D eigenvalue weighted by molar-refractivity contribution is 5.77. The second-order valence-electron chi connectivity index (χ2n) is 4.56. The SMILES string of the molecule is O=c1c2cc(F)ccc2ncn1C[C@@H]1CNCCO1. The molecule has 0 saturated carbocycles. The van der Waals surface area contributed by atoms with E-state index in [0.29, 0.717) is 30.6 Å². The molecular weight excluding hydrogens is 249 g/mol. The van der Waals surface area contributed by atoms with E-state index in [1.54, 1.807) is 0 Å². The van der Waals surface area contributed by atoms with Crippen LogP contribution in [0.1, 0.15) is 0 Å². The third kappa shape index (κ3) is 2.50. The highest BCUT2D eigenvalue weighted by atomic mass is 19.1. The third-order valence-corrected chi connectivity index (χ3v) is 3.19. The van der Waals surface area contributed by atoms with Crippen molar-refractivity contribution in [3.05, 3.63) is 40.7 Å². The molecule has 2 aromatic rings. The van der Waals surface area contributed by atoms with Gasteiger partial charge < -0.3 is 10.1 Å². The molecule has 3 rings (SSSR count). The van der Waals surface area contributed by atoms with Gasteiger partial charge in [0.2, 0.25) is 0 Å². The number of aromatic nitrogens is 2. The van der Waals surface area contributed by atoms with Crippen LogP contribution < -0.4 is 10.9 Å². The lowest BCUT2D eigenvalue weighted by atomic mass is 10.2. The zero-order valence-electron chi connectivity index (χ0n) is 10.3. The summed E-state index contributed by atoms with van der Waals surface area (Å²) in [6, 6.07) is 4.03. The zero-order chi connectivity index (χ0) is 13.2. The Hall–Kier alpha value is -1.79. The van der Waals surface area contributed by atoms with E-state index in [1.807, 2.05) is 0 Å². The number of benzene rings is 1. The fourth-order valence-electron chi connectivity index (χ4n) is 2.22. The van der Waals surface area contributed by atoms with Crippen LogP contribution >= 0.6 is 0 Å². The summed E-state index contributed by atoms with van der Waals surface area (Å²) < 4.78 is 20.2. The van der Waals surface area contributed by atoms with Gasteiger partial charge in [-0.15, -0.1) is 0 Å². The average Bonchev–Trinajstić information content (AvgIpc) is 2.44. The fourth-order valence-corrected chi connectivity index (χ4v) is 2.22. The number of halogens is 1. The summed E-state index contributed by atoms with van der Waals surface area (Å²) in [7, 11) is 0. The Balaban J connectivity index is 1.95. The highest BCUT2D eigenvalue weighted by Gasteiger charge is 2.15. The van der Waals surface area contributed by atoms with Gasteiger partial charge in [0.05, 0.1) is 36.5 Å². The van der Waals surface area contributed by atoms with Gasteiger partial charge in [-0.1, -0.05) is 0 Å². The number of rotatable bonds is 2. The van der Waals surface area contributed by atoms with Crippen LogP contribution in [-0.4, -0.2) is 35.4 Å². The molecule has 0 bridgehead atoms. The normalized spacial score (nSPS) is 19.7. The predicted octanol–water partition coefficient (Wildman–Crippen LogP) is 0.524. The Morgan fingerprint density at radius 1 is 1.53 bits per heavy atom. The van der Waals surface area contributed by atoms with Crippen LogP contribution in [0.4, 0.5) is 4.39 Å². The van der Waals surface area contributed by atoms with Gasteiger partial charge >= 0.3 is 0 Å². The van der Waals surface area contributed by atoms with E-state index < -0.39 is 5.82 Å². The predicted molar refractivity (Wildman–Crippen MR) is 68.6 cm³/mol. The van der Waals surface area contributed by atoms with Gasteiger partial charge in [-0.25, -0.2) is 9.37 Å². The molecule has 1 saturated heterocycles. The fraction of sp³-hybridized carbons (Fsp3) is 0.385. The number of ether oxygens (including phenoxy) is 1. The summed E-state index contributed by atoms with van der Waals surface area (Å²) in [5, 5.41) is 3.50. The molecule has 1 atom stereocenters. The second-order valence-corrected chi connectivity index (χ2v) is 4.56. The van der Waals surface area contributed by atoms with E-state index >= 15 is 0 Å². The summed E-state index contributed by atoms with van der Waals surface area (Å²) in [5.41, 5.74) is 0.268. The molecule has 1 aromatic heterocycles. The Morgan fingerprint density at radius 3 is 3.21 bits per heavy atom. The molecule has 2 heterocycles. The summed E-state index contributed by atoms with van der Waals surface area (Å²) in [5.74, 6) is -0.431. The summed E-state index contributed by atoms with van der Waals surface area (Å²) in [6.45, 7) is 2.58. The molecule has 0 spiro atoms. The van der Waals surface area contributed by atoms with E-state index in [-0.39, 0.29) is 11.7 Å². The van der Waals surface area contributed by atoms with Gasteiger partial charge in [-0.3, -0.25) is 9.36 Å². The Morgan fingerprint density at radius 2 is 2.42 bits per heavy atom. The summed E-state index contributed by atoms with van der Waals surface area (Å²) in [6.07, 6.45) is 1.43. The molecule has 1 N–H and O–H groups in total. The number of morpholine rings is 1. The largest absolute Gasteiger partial charge is 0.374 e. The number of hydrogen-bond acceptors (Lipinski definition) is 4. The average molecular weight is 263 g/mol. The minimum atomic E-state index is -0.431.